The van der Waals surface area contributed by atoms with Crippen LogP contribution in [0.1, 0.15) is 5.56 Å². The minimum Gasteiger partial charge on any atom is -0.490 e. The molecule has 0 amide bonds. The van der Waals surface area contributed by atoms with E-state index in [2.05, 4.69) is 4.98 Å². The van der Waals surface area contributed by atoms with Gasteiger partial charge in [0.1, 0.15) is 23.9 Å². The molecule has 6 nitrogen and oxygen atoms in total. The summed E-state index contributed by atoms with van der Waals surface area (Å²) in [5, 5.41) is 0. The fourth-order valence-electron chi connectivity index (χ4n) is 2.78. The van der Waals surface area contributed by atoms with Crippen LogP contribution in [0.2, 0.25) is 0 Å². The van der Waals surface area contributed by atoms with Crippen molar-refractivity contribution in [2.45, 2.75) is 18.8 Å². The molecule has 2 heterocycles. The number of benzene rings is 2. The fraction of sp³-hybridized carbons (Fsp3) is 0.200. The smallest absolute Gasteiger partial charge is 0.416 e. The molecule has 0 unspecified atom stereocenters. The minimum absolute atomic E-state index is 0.261. The van der Waals surface area contributed by atoms with Gasteiger partial charge in [0, 0.05) is 12.3 Å². The zero-order chi connectivity index (χ0) is 20.4. The molecule has 1 aromatic heterocycles. The van der Waals surface area contributed by atoms with Gasteiger partial charge in [0.25, 0.3) is 11.6 Å². The van der Waals surface area contributed by atoms with E-state index in [0.29, 0.717) is 23.8 Å². The monoisotopic (exact) mass is 404 g/mol. The fourth-order valence-corrected chi connectivity index (χ4v) is 2.78. The quantitative estimate of drug-likeness (QED) is 0.646. The topological polar surface area (TPSA) is 62.6 Å². The molecule has 0 aliphatic carbocycles. The molecule has 0 spiro atoms. The molecule has 2 aromatic carbocycles. The summed E-state index contributed by atoms with van der Waals surface area (Å²) in [6, 6.07) is 12.8. The first-order valence-corrected chi connectivity index (χ1v) is 8.69. The van der Waals surface area contributed by atoms with Crippen LogP contribution in [0.4, 0.5) is 13.2 Å². The van der Waals surface area contributed by atoms with Crippen LogP contribution in [-0.2, 0) is 12.7 Å². The maximum atomic E-state index is 12.6. The van der Waals surface area contributed by atoms with Crippen molar-refractivity contribution in [1.29, 1.82) is 0 Å². The maximum absolute atomic E-state index is 12.6. The molecule has 1 aliphatic rings. The van der Waals surface area contributed by atoms with E-state index in [0.717, 1.165) is 12.1 Å². The molecule has 1 atom stereocenters. The third-order valence-electron chi connectivity index (χ3n) is 4.20. The van der Waals surface area contributed by atoms with Crippen LogP contribution in [0, 0.1) is 0 Å². The first-order valence-electron chi connectivity index (χ1n) is 8.69. The summed E-state index contributed by atoms with van der Waals surface area (Å²) in [6.45, 7) is 0.786. The van der Waals surface area contributed by atoms with Gasteiger partial charge in [-0.05, 0) is 48.5 Å². The van der Waals surface area contributed by atoms with Crippen LogP contribution < -0.4 is 19.8 Å². The van der Waals surface area contributed by atoms with Crippen molar-refractivity contribution >= 4 is 0 Å². The number of ether oxygens (including phenoxy) is 3. The molecule has 4 rings (SSSR count). The Kier molecular flexibility index (Phi) is 4.87. The molecular formula is C20H15F3N2O4. The van der Waals surface area contributed by atoms with Gasteiger partial charge < -0.3 is 14.2 Å². The normalized spacial score (nSPS) is 15.5. The Hall–Kier alpha value is -3.49. The highest BCUT2D eigenvalue weighted by molar-refractivity contribution is 5.36. The van der Waals surface area contributed by atoms with Gasteiger partial charge in [-0.15, -0.1) is 0 Å². The van der Waals surface area contributed by atoms with Crippen molar-refractivity contribution in [3.8, 4) is 23.3 Å². The van der Waals surface area contributed by atoms with Gasteiger partial charge in [0.2, 0.25) is 0 Å². The average molecular weight is 404 g/mol. The van der Waals surface area contributed by atoms with Crippen LogP contribution in [0.5, 0.6) is 23.3 Å². The van der Waals surface area contributed by atoms with Gasteiger partial charge in [-0.25, -0.2) is 0 Å². The highest BCUT2D eigenvalue weighted by Gasteiger charge is 2.30. The number of nitrogens with zero attached hydrogens (tertiary/aromatic N) is 2. The lowest BCUT2D eigenvalue weighted by Gasteiger charge is -2.12. The van der Waals surface area contributed by atoms with E-state index < -0.39 is 11.7 Å². The number of rotatable bonds is 5. The molecular weight excluding hydrogens is 389 g/mol. The lowest BCUT2D eigenvalue weighted by molar-refractivity contribution is -0.137. The van der Waals surface area contributed by atoms with Crippen molar-refractivity contribution in [2.75, 3.05) is 6.61 Å². The lowest BCUT2D eigenvalue weighted by Crippen LogP contribution is -2.23. The van der Waals surface area contributed by atoms with Gasteiger partial charge >= 0.3 is 6.18 Å². The Labute approximate surface area is 163 Å². The Morgan fingerprint density at radius 3 is 2.28 bits per heavy atom. The molecule has 9 heteroatoms. The van der Waals surface area contributed by atoms with Crippen LogP contribution in [0.15, 0.2) is 65.6 Å². The SMILES string of the molecule is O=c1ccn2c(n1)O[C@H](COc1ccc(Oc3ccc(C(F)(F)F)cc3)cc1)C2. The summed E-state index contributed by atoms with van der Waals surface area (Å²) < 4.78 is 56.3. The molecule has 0 fully saturated rings. The van der Waals surface area contributed by atoms with E-state index in [1.807, 2.05) is 0 Å². The van der Waals surface area contributed by atoms with Crippen LogP contribution in [0.25, 0.3) is 0 Å². The molecule has 1 aliphatic heterocycles. The van der Waals surface area contributed by atoms with E-state index in [1.165, 1.54) is 18.2 Å². The lowest BCUT2D eigenvalue weighted by atomic mass is 10.2. The van der Waals surface area contributed by atoms with Crippen LogP contribution in [-0.4, -0.2) is 22.3 Å². The van der Waals surface area contributed by atoms with E-state index in [4.69, 9.17) is 14.2 Å². The molecule has 0 N–H and O–H groups in total. The second-order valence-electron chi connectivity index (χ2n) is 6.35. The van der Waals surface area contributed by atoms with Gasteiger partial charge in [0.15, 0.2) is 6.10 Å². The second kappa shape index (κ2) is 7.50. The second-order valence-corrected chi connectivity index (χ2v) is 6.35. The Morgan fingerprint density at radius 1 is 1.00 bits per heavy atom. The van der Waals surface area contributed by atoms with Crippen molar-refractivity contribution in [3.05, 3.63) is 76.7 Å². The standard InChI is InChI=1S/C20H15F3N2O4/c21-20(22,23)13-1-3-15(4-2-13)28-16-7-5-14(6-8-16)27-12-17-11-25-10-9-18(26)24-19(25)29-17/h1-10,17H,11-12H2/t17-/m0/s1. The number of hydrogen-bond acceptors (Lipinski definition) is 5. The number of alkyl halides is 3. The Bertz CT molecular complexity index is 1050. The number of fused-ring (bicyclic) bond motifs is 1. The molecule has 150 valence electrons. The highest BCUT2D eigenvalue weighted by Crippen LogP contribution is 2.31. The first kappa shape index (κ1) is 18.9. The van der Waals surface area contributed by atoms with E-state index in [1.54, 1.807) is 35.0 Å². The summed E-state index contributed by atoms with van der Waals surface area (Å²) in [5.74, 6) is 1.34. The van der Waals surface area contributed by atoms with Crippen LogP contribution in [0.3, 0.4) is 0 Å². The summed E-state index contributed by atoms with van der Waals surface area (Å²) in [7, 11) is 0. The van der Waals surface area contributed by atoms with Gasteiger partial charge in [0.05, 0.1) is 12.1 Å². The predicted molar refractivity (Wildman–Crippen MR) is 96.4 cm³/mol. The summed E-state index contributed by atoms with van der Waals surface area (Å²) >= 11 is 0. The van der Waals surface area contributed by atoms with Gasteiger partial charge in [-0.2, -0.15) is 18.2 Å². The molecule has 0 radical (unpaired) electrons. The zero-order valence-electron chi connectivity index (χ0n) is 14.9. The largest absolute Gasteiger partial charge is 0.490 e. The summed E-state index contributed by atoms with van der Waals surface area (Å²) in [4.78, 5) is 15.0. The van der Waals surface area contributed by atoms with Crippen molar-refractivity contribution in [3.63, 3.8) is 0 Å². The summed E-state index contributed by atoms with van der Waals surface area (Å²) in [6.07, 6.45) is -3.03. The van der Waals surface area contributed by atoms with E-state index in [9.17, 15) is 18.0 Å². The number of halogens is 3. The molecule has 0 bridgehead atoms. The third-order valence-corrected chi connectivity index (χ3v) is 4.20. The average Bonchev–Trinajstić information content (AvgIpc) is 3.09. The van der Waals surface area contributed by atoms with Gasteiger partial charge in [-0.3, -0.25) is 9.36 Å². The van der Waals surface area contributed by atoms with Crippen LogP contribution >= 0.6 is 0 Å². The molecule has 3 aromatic rings. The van der Waals surface area contributed by atoms with E-state index in [-0.39, 0.29) is 24.3 Å². The van der Waals surface area contributed by atoms with Crippen molar-refractivity contribution in [1.82, 2.24) is 9.55 Å². The van der Waals surface area contributed by atoms with Crippen molar-refractivity contribution < 1.29 is 27.4 Å². The Balaban J connectivity index is 1.31. The predicted octanol–water partition coefficient (Wildman–Crippen LogP) is 3.89. The summed E-state index contributed by atoms with van der Waals surface area (Å²) in [5.41, 5.74) is -1.09. The molecule has 29 heavy (non-hydrogen) atoms. The highest BCUT2D eigenvalue weighted by atomic mass is 19.4. The third kappa shape index (κ3) is 4.50. The zero-order valence-corrected chi connectivity index (χ0v) is 14.9. The molecule has 0 saturated heterocycles. The number of hydrogen-bond donors (Lipinski definition) is 0. The molecule has 0 saturated carbocycles. The first-order chi connectivity index (χ1) is 13.9. The Morgan fingerprint density at radius 2 is 1.62 bits per heavy atom. The van der Waals surface area contributed by atoms with Crippen molar-refractivity contribution in [2.24, 2.45) is 0 Å². The minimum atomic E-state index is -4.38. The number of aromatic nitrogens is 2. The van der Waals surface area contributed by atoms with E-state index >= 15 is 0 Å². The van der Waals surface area contributed by atoms with Gasteiger partial charge in [-0.1, -0.05) is 0 Å². The maximum Gasteiger partial charge on any atom is 0.416 e.